The Labute approximate surface area is 157 Å². The molecule has 2 aliphatic heterocycles. The first-order valence-electron chi connectivity index (χ1n) is 10.1. The molecule has 27 heavy (non-hydrogen) atoms. The van der Waals surface area contributed by atoms with Crippen LogP contribution in [0.4, 0.5) is 0 Å². The summed E-state index contributed by atoms with van der Waals surface area (Å²) in [5, 5.41) is 0. The molecule has 0 radical (unpaired) electrons. The fraction of sp³-hybridized carbons (Fsp3) is 0.619. The molecular weight excluding hydrogens is 344 g/mol. The van der Waals surface area contributed by atoms with E-state index in [-0.39, 0.29) is 71.0 Å². The summed E-state index contributed by atoms with van der Waals surface area (Å²) in [5.74, 6) is -0.0771. The number of likely N-dealkylation sites (tertiary alicyclic amines) is 2. The molecular formula is C21H22N2O4. The first kappa shape index (κ1) is 15.8. The molecule has 6 rings (SSSR count). The van der Waals surface area contributed by atoms with Crippen LogP contribution >= 0.6 is 0 Å². The number of carbonyl (C=O) groups excluding carboxylic acids is 4. The van der Waals surface area contributed by atoms with Crippen LogP contribution in [0, 0.1) is 47.3 Å². The molecule has 140 valence electrons. The SMILES string of the molecule is O=C1C2C3C=CC(C3)C2C(=O)N1CCCN1C(=O)C2C3C=CC(C3)C2C1=O. The second kappa shape index (κ2) is 5.18. The zero-order chi connectivity index (χ0) is 18.4. The molecule has 4 aliphatic carbocycles. The van der Waals surface area contributed by atoms with Crippen LogP contribution < -0.4 is 0 Å². The molecule has 0 aromatic carbocycles. The minimum absolute atomic E-state index is 0.0555. The van der Waals surface area contributed by atoms with Crippen molar-refractivity contribution in [3.63, 3.8) is 0 Å². The smallest absolute Gasteiger partial charge is 0.233 e. The van der Waals surface area contributed by atoms with Crippen molar-refractivity contribution >= 4 is 23.6 Å². The molecule has 4 amide bonds. The van der Waals surface area contributed by atoms with Gasteiger partial charge in [0.25, 0.3) is 0 Å². The van der Waals surface area contributed by atoms with Gasteiger partial charge in [-0.25, -0.2) is 0 Å². The van der Waals surface area contributed by atoms with Crippen molar-refractivity contribution in [2.24, 2.45) is 47.3 Å². The maximum Gasteiger partial charge on any atom is 0.233 e. The maximum absolute atomic E-state index is 12.7. The molecule has 8 unspecified atom stereocenters. The van der Waals surface area contributed by atoms with E-state index in [4.69, 9.17) is 0 Å². The van der Waals surface area contributed by atoms with Gasteiger partial charge in [-0.1, -0.05) is 24.3 Å². The summed E-state index contributed by atoms with van der Waals surface area (Å²) in [6, 6.07) is 0. The van der Waals surface area contributed by atoms with Gasteiger partial charge in [0.2, 0.25) is 23.6 Å². The lowest BCUT2D eigenvalue weighted by Crippen LogP contribution is -2.38. The number of allylic oxidation sites excluding steroid dienone is 4. The highest BCUT2D eigenvalue weighted by Gasteiger charge is 2.60. The molecule has 0 spiro atoms. The molecule has 4 fully saturated rings. The summed E-state index contributed by atoms with van der Waals surface area (Å²) in [7, 11) is 0. The molecule has 0 aromatic heterocycles. The van der Waals surface area contributed by atoms with Crippen molar-refractivity contribution in [2.75, 3.05) is 13.1 Å². The van der Waals surface area contributed by atoms with Gasteiger partial charge in [0, 0.05) is 13.1 Å². The maximum atomic E-state index is 12.7. The molecule has 8 atom stereocenters. The Bertz CT molecular complexity index is 717. The number of hydrogen-bond donors (Lipinski definition) is 0. The molecule has 2 heterocycles. The Morgan fingerprint density at radius 3 is 1.19 bits per heavy atom. The first-order chi connectivity index (χ1) is 13.1. The summed E-state index contributed by atoms with van der Waals surface area (Å²) in [6.07, 6.45) is 10.7. The van der Waals surface area contributed by atoms with E-state index in [1.165, 1.54) is 9.80 Å². The summed E-state index contributed by atoms with van der Waals surface area (Å²) in [6.45, 7) is 0.614. The average molecular weight is 366 g/mol. The summed E-state index contributed by atoms with van der Waals surface area (Å²) in [5.41, 5.74) is 0. The van der Waals surface area contributed by atoms with Gasteiger partial charge in [-0.05, 0) is 42.9 Å². The van der Waals surface area contributed by atoms with Crippen LogP contribution in [-0.4, -0.2) is 46.5 Å². The fourth-order valence-corrected chi connectivity index (χ4v) is 6.76. The molecule has 6 heteroatoms. The monoisotopic (exact) mass is 366 g/mol. The van der Waals surface area contributed by atoms with Crippen molar-refractivity contribution in [1.29, 1.82) is 0 Å². The average Bonchev–Trinajstić information content (AvgIpc) is 3.47. The summed E-state index contributed by atoms with van der Waals surface area (Å²) in [4.78, 5) is 53.6. The third-order valence-electron chi connectivity index (χ3n) is 7.89. The number of nitrogens with zero attached hydrogens (tertiary/aromatic N) is 2. The Morgan fingerprint density at radius 2 is 0.889 bits per heavy atom. The summed E-state index contributed by atoms with van der Waals surface area (Å²) < 4.78 is 0. The van der Waals surface area contributed by atoms with Crippen LogP contribution in [-0.2, 0) is 19.2 Å². The number of fused-ring (bicyclic) bond motifs is 10. The minimum atomic E-state index is -0.177. The van der Waals surface area contributed by atoms with E-state index in [0.717, 1.165) is 12.8 Å². The van der Waals surface area contributed by atoms with Gasteiger partial charge < -0.3 is 0 Å². The van der Waals surface area contributed by atoms with Crippen molar-refractivity contribution in [3.8, 4) is 0 Å². The third kappa shape index (κ3) is 1.86. The van der Waals surface area contributed by atoms with Crippen molar-refractivity contribution < 1.29 is 19.2 Å². The topological polar surface area (TPSA) is 74.8 Å². The van der Waals surface area contributed by atoms with Gasteiger partial charge in [-0.2, -0.15) is 0 Å². The zero-order valence-corrected chi connectivity index (χ0v) is 15.0. The van der Waals surface area contributed by atoms with E-state index >= 15 is 0 Å². The van der Waals surface area contributed by atoms with Crippen LogP contribution in [0.25, 0.3) is 0 Å². The molecule has 4 bridgehead atoms. The van der Waals surface area contributed by atoms with Gasteiger partial charge in [0.05, 0.1) is 23.7 Å². The van der Waals surface area contributed by atoms with E-state index in [1.54, 1.807) is 0 Å². The van der Waals surface area contributed by atoms with Crippen molar-refractivity contribution in [1.82, 2.24) is 9.80 Å². The highest BCUT2D eigenvalue weighted by Crippen LogP contribution is 2.53. The van der Waals surface area contributed by atoms with E-state index in [2.05, 4.69) is 24.3 Å². The van der Waals surface area contributed by atoms with Gasteiger partial charge in [0.15, 0.2) is 0 Å². The van der Waals surface area contributed by atoms with Crippen LogP contribution in [0.2, 0.25) is 0 Å². The second-order valence-electron chi connectivity index (χ2n) is 9.01. The number of imide groups is 2. The Kier molecular flexibility index (Phi) is 3.03. The molecule has 6 aliphatic rings. The molecule has 2 saturated carbocycles. The van der Waals surface area contributed by atoms with E-state index in [1.807, 2.05) is 0 Å². The van der Waals surface area contributed by atoms with Gasteiger partial charge >= 0.3 is 0 Å². The Hall–Kier alpha value is -2.24. The quantitative estimate of drug-likeness (QED) is 0.549. The molecule has 0 aromatic rings. The molecule has 2 saturated heterocycles. The molecule has 0 N–H and O–H groups in total. The highest BCUT2D eigenvalue weighted by atomic mass is 16.2. The number of rotatable bonds is 4. The lowest BCUT2D eigenvalue weighted by molar-refractivity contribution is -0.140. The first-order valence-corrected chi connectivity index (χ1v) is 10.1. The van der Waals surface area contributed by atoms with Crippen LogP contribution in [0.3, 0.4) is 0 Å². The largest absolute Gasteiger partial charge is 0.282 e. The fourth-order valence-electron chi connectivity index (χ4n) is 6.76. The lowest BCUT2D eigenvalue weighted by atomic mass is 9.85. The Morgan fingerprint density at radius 1 is 0.593 bits per heavy atom. The van der Waals surface area contributed by atoms with Crippen LogP contribution in [0.5, 0.6) is 0 Å². The number of carbonyl (C=O) groups is 4. The summed E-state index contributed by atoms with van der Waals surface area (Å²) >= 11 is 0. The normalized spacial score (nSPS) is 45.8. The minimum Gasteiger partial charge on any atom is -0.282 e. The predicted octanol–water partition coefficient (Wildman–Crippen LogP) is 0.991. The lowest BCUT2D eigenvalue weighted by Gasteiger charge is -2.20. The highest BCUT2D eigenvalue weighted by molar-refractivity contribution is 6.07. The van der Waals surface area contributed by atoms with Crippen molar-refractivity contribution in [2.45, 2.75) is 19.3 Å². The standard InChI is InChI=1S/C21H22N2O4/c24-18-14-10-2-3-11(8-10)15(14)19(25)22(18)6-1-7-23-20(26)16-12-4-5-13(9-12)17(16)21(23)27/h2-5,10-17H,1,6-9H2. The number of hydrogen-bond acceptors (Lipinski definition) is 4. The van der Waals surface area contributed by atoms with E-state index < -0.39 is 0 Å². The van der Waals surface area contributed by atoms with Crippen LogP contribution in [0.1, 0.15) is 19.3 Å². The van der Waals surface area contributed by atoms with Crippen molar-refractivity contribution in [3.05, 3.63) is 24.3 Å². The van der Waals surface area contributed by atoms with Gasteiger partial charge in [0.1, 0.15) is 0 Å². The second-order valence-corrected chi connectivity index (χ2v) is 9.01. The zero-order valence-electron chi connectivity index (χ0n) is 15.0. The van der Waals surface area contributed by atoms with E-state index in [0.29, 0.717) is 19.5 Å². The molecule has 6 nitrogen and oxygen atoms in total. The van der Waals surface area contributed by atoms with Crippen LogP contribution in [0.15, 0.2) is 24.3 Å². The number of amides is 4. The van der Waals surface area contributed by atoms with E-state index in [9.17, 15) is 19.2 Å². The van der Waals surface area contributed by atoms with Gasteiger partial charge in [-0.3, -0.25) is 29.0 Å². The van der Waals surface area contributed by atoms with Gasteiger partial charge in [-0.15, -0.1) is 0 Å². The predicted molar refractivity (Wildman–Crippen MR) is 93.5 cm³/mol. The third-order valence-corrected chi connectivity index (χ3v) is 7.89. The Balaban J connectivity index is 1.11.